The molecule has 2 saturated heterocycles. The summed E-state index contributed by atoms with van der Waals surface area (Å²) in [4.78, 5) is 12.1. The summed E-state index contributed by atoms with van der Waals surface area (Å²) in [7, 11) is 0. The molecule has 2 fully saturated rings. The molecule has 0 saturated carbocycles. The predicted octanol–water partition coefficient (Wildman–Crippen LogP) is 3.15. The molecule has 0 amide bonds. The van der Waals surface area contributed by atoms with Gasteiger partial charge in [0.1, 0.15) is 11.6 Å². The zero-order valence-corrected chi connectivity index (χ0v) is 14.4. The number of rotatable bonds is 4. The minimum atomic E-state index is 0.446. The minimum absolute atomic E-state index is 0.446. The summed E-state index contributed by atoms with van der Waals surface area (Å²) in [5.41, 5.74) is 1.20. The van der Waals surface area contributed by atoms with Crippen LogP contribution in [0.4, 0.5) is 0 Å². The van der Waals surface area contributed by atoms with E-state index in [9.17, 15) is 0 Å². The molecule has 5 nitrogen and oxygen atoms in total. The van der Waals surface area contributed by atoms with E-state index in [-0.39, 0.29) is 0 Å². The number of aromatic nitrogens is 3. The smallest absolute Gasteiger partial charge is 0.138 e. The van der Waals surface area contributed by atoms with Crippen LogP contribution in [-0.2, 0) is 11.2 Å². The van der Waals surface area contributed by atoms with Gasteiger partial charge in [-0.05, 0) is 44.4 Å². The van der Waals surface area contributed by atoms with Crippen molar-refractivity contribution in [1.29, 1.82) is 0 Å². The van der Waals surface area contributed by atoms with Crippen molar-refractivity contribution in [1.82, 2.24) is 19.4 Å². The van der Waals surface area contributed by atoms with E-state index < -0.39 is 0 Å². The Morgan fingerprint density at radius 2 is 2.08 bits per heavy atom. The molecule has 0 bridgehead atoms. The van der Waals surface area contributed by atoms with Gasteiger partial charge in [-0.3, -0.25) is 9.47 Å². The summed E-state index contributed by atoms with van der Waals surface area (Å²) in [6.07, 6.45) is 9.55. The number of aryl methyl sites for hydroxylation is 1. The third-order valence-corrected chi connectivity index (χ3v) is 5.33. The predicted molar refractivity (Wildman–Crippen MR) is 93.3 cm³/mol. The average molecular weight is 326 g/mol. The van der Waals surface area contributed by atoms with Crippen LogP contribution in [0.3, 0.4) is 0 Å². The number of imidazole rings is 1. The van der Waals surface area contributed by atoms with E-state index in [1.54, 1.807) is 0 Å². The van der Waals surface area contributed by atoms with Crippen LogP contribution in [0, 0.1) is 0 Å². The minimum Gasteiger partial charge on any atom is -0.381 e. The first-order valence-corrected chi connectivity index (χ1v) is 9.20. The van der Waals surface area contributed by atoms with Crippen molar-refractivity contribution >= 4 is 0 Å². The van der Waals surface area contributed by atoms with Gasteiger partial charge in [0.2, 0.25) is 0 Å². The Morgan fingerprint density at radius 1 is 1.21 bits per heavy atom. The maximum atomic E-state index is 5.54. The molecule has 0 aliphatic carbocycles. The van der Waals surface area contributed by atoms with Crippen molar-refractivity contribution < 1.29 is 4.74 Å². The molecule has 4 rings (SSSR count). The Bertz CT molecular complexity index is 678. The van der Waals surface area contributed by atoms with E-state index >= 15 is 0 Å². The van der Waals surface area contributed by atoms with Crippen molar-refractivity contribution in [3.8, 4) is 5.82 Å². The molecule has 2 aromatic rings. The molecule has 2 aromatic heterocycles. The van der Waals surface area contributed by atoms with Crippen molar-refractivity contribution in [2.45, 2.75) is 51.1 Å². The third kappa shape index (κ3) is 2.98. The first kappa shape index (κ1) is 15.8. The van der Waals surface area contributed by atoms with E-state index in [1.807, 2.05) is 12.4 Å². The van der Waals surface area contributed by atoms with Crippen LogP contribution in [0.1, 0.15) is 50.2 Å². The Balaban J connectivity index is 1.60. The van der Waals surface area contributed by atoms with Crippen LogP contribution in [0.15, 0.2) is 30.6 Å². The second-order valence-corrected chi connectivity index (χ2v) is 6.73. The lowest BCUT2D eigenvalue weighted by Crippen LogP contribution is -2.39. The molecule has 0 spiro atoms. The van der Waals surface area contributed by atoms with E-state index in [0.717, 1.165) is 44.1 Å². The van der Waals surface area contributed by atoms with Crippen LogP contribution < -0.4 is 0 Å². The number of nitrogens with zero attached hydrogens (tertiary/aromatic N) is 4. The van der Waals surface area contributed by atoms with Crippen LogP contribution >= 0.6 is 0 Å². The quantitative estimate of drug-likeness (QED) is 0.866. The molecule has 0 radical (unpaired) electrons. The fourth-order valence-corrected chi connectivity index (χ4v) is 4.12. The monoisotopic (exact) mass is 326 g/mol. The third-order valence-electron chi connectivity index (χ3n) is 5.33. The van der Waals surface area contributed by atoms with Gasteiger partial charge in [0, 0.05) is 38.1 Å². The van der Waals surface area contributed by atoms with Gasteiger partial charge in [-0.15, -0.1) is 0 Å². The highest BCUT2D eigenvalue weighted by Gasteiger charge is 2.33. The molecular formula is C19H26N4O. The number of hydrogen-bond acceptors (Lipinski definition) is 4. The second-order valence-electron chi connectivity index (χ2n) is 6.73. The van der Waals surface area contributed by atoms with E-state index in [4.69, 9.17) is 9.72 Å². The van der Waals surface area contributed by atoms with Crippen molar-refractivity contribution in [3.05, 3.63) is 42.1 Å². The highest BCUT2D eigenvalue weighted by molar-refractivity contribution is 5.28. The van der Waals surface area contributed by atoms with Crippen LogP contribution in [0.5, 0.6) is 0 Å². The largest absolute Gasteiger partial charge is 0.381 e. The summed E-state index contributed by atoms with van der Waals surface area (Å²) < 4.78 is 7.65. The maximum Gasteiger partial charge on any atom is 0.138 e. The van der Waals surface area contributed by atoms with Gasteiger partial charge in [-0.2, -0.15) is 0 Å². The molecule has 4 heterocycles. The summed E-state index contributed by atoms with van der Waals surface area (Å²) in [5, 5.41) is 0. The van der Waals surface area contributed by atoms with Gasteiger partial charge in [-0.1, -0.05) is 13.0 Å². The van der Waals surface area contributed by atoms with Crippen molar-refractivity contribution in [2.75, 3.05) is 19.8 Å². The SMILES string of the molecule is CCc1nccn1-c1cccc([C@H]2CCCN2C2CCOCC2)n1. The topological polar surface area (TPSA) is 43.2 Å². The second kappa shape index (κ2) is 7.03. The highest BCUT2D eigenvalue weighted by Crippen LogP contribution is 2.35. The Morgan fingerprint density at radius 3 is 2.92 bits per heavy atom. The number of pyridine rings is 1. The summed E-state index contributed by atoms with van der Waals surface area (Å²) in [6.45, 7) is 5.12. The Kier molecular flexibility index (Phi) is 4.63. The maximum absolute atomic E-state index is 5.54. The molecule has 128 valence electrons. The number of hydrogen-bond donors (Lipinski definition) is 0. The van der Waals surface area contributed by atoms with Crippen LogP contribution in [0.25, 0.3) is 5.82 Å². The molecule has 0 aromatic carbocycles. The zero-order valence-electron chi connectivity index (χ0n) is 14.4. The van der Waals surface area contributed by atoms with Crippen LogP contribution in [0.2, 0.25) is 0 Å². The summed E-state index contributed by atoms with van der Waals surface area (Å²) >= 11 is 0. The number of ether oxygens (including phenoxy) is 1. The number of likely N-dealkylation sites (tertiary alicyclic amines) is 1. The van der Waals surface area contributed by atoms with Gasteiger partial charge in [0.15, 0.2) is 0 Å². The van der Waals surface area contributed by atoms with Gasteiger partial charge < -0.3 is 4.74 Å². The molecule has 24 heavy (non-hydrogen) atoms. The van der Waals surface area contributed by atoms with Gasteiger partial charge in [0.05, 0.1) is 11.7 Å². The van der Waals surface area contributed by atoms with Crippen LogP contribution in [-0.4, -0.2) is 45.2 Å². The van der Waals surface area contributed by atoms with Gasteiger partial charge in [0.25, 0.3) is 0 Å². The molecular weight excluding hydrogens is 300 g/mol. The van der Waals surface area contributed by atoms with Gasteiger partial charge >= 0.3 is 0 Å². The van der Waals surface area contributed by atoms with Gasteiger partial charge in [-0.25, -0.2) is 9.97 Å². The lowest BCUT2D eigenvalue weighted by molar-refractivity contribution is 0.0285. The first-order chi connectivity index (χ1) is 11.9. The molecule has 2 aliphatic rings. The lowest BCUT2D eigenvalue weighted by atomic mass is 10.0. The first-order valence-electron chi connectivity index (χ1n) is 9.20. The fraction of sp³-hybridized carbons (Fsp3) is 0.579. The summed E-state index contributed by atoms with van der Waals surface area (Å²) in [6, 6.07) is 7.50. The highest BCUT2D eigenvalue weighted by atomic mass is 16.5. The Hall–Kier alpha value is -1.72. The molecule has 1 atom stereocenters. The van der Waals surface area contributed by atoms with E-state index in [0.29, 0.717) is 12.1 Å². The van der Waals surface area contributed by atoms with E-state index in [2.05, 4.69) is 39.6 Å². The standard InChI is InChI=1S/C19H26N4O/c1-2-18-20-10-12-23(18)19-7-3-5-16(21-19)17-6-4-11-22(17)15-8-13-24-14-9-15/h3,5,7,10,12,15,17H,2,4,6,8-9,11,13-14H2,1H3/t17-/m1/s1. The molecule has 2 aliphatic heterocycles. The normalized spacial score (nSPS) is 23.0. The van der Waals surface area contributed by atoms with Crippen molar-refractivity contribution in [2.24, 2.45) is 0 Å². The fourth-order valence-electron chi connectivity index (χ4n) is 4.12. The molecule has 5 heteroatoms. The van der Waals surface area contributed by atoms with E-state index in [1.165, 1.54) is 25.1 Å². The average Bonchev–Trinajstić information content (AvgIpc) is 3.31. The van der Waals surface area contributed by atoms with Crippen molar-refractivity contribution in [3.63, 3.8) is 0 Å². The zero-order chi connectivity index (χ0) is 16.4. The Labute approximate surface area is 143 Å². The lowest BCUT2D eigenvalue weighted by Gasteiger charge is -2.35. The molecule has 0 N–H and O–H groups in total. The summed E-state index contributed by atoms with van der Waals surface area (Å²) in [5.74, 6) is 2.05. The molecule has 0 unspecified atom stereocenters.